The average molecular weight is 487 g/mol. The number of amides is 2. The van der Waals surface area contributed by atoms with E-state index in [0.29, 0.717) is 16.8 Å². The molecule has 0 radical (unpaired) electrons. The van der Waals surface area contributed by atoms with Crippen molar-refractivity contribution in [3.8, 4) is 0 Å². The van der Waals surface area contributed by atoms with Crippen LogP contribution in [0.5, 0.6) is 0 Å². The molecule has 4 rings (SSSR count). The zero-order chi connectivity index (χ0) is 26.0. The molecule has 182 valence electrons. The van der Waals surface area contributed by atoms with E-state index in [1.54, 1.807) is 60.7 Å². The molecule has 5 heteroatoms. The summed E-state index contributed by atoms with van der Waals surface area (Å²) in [5, 5.41) is 5.51. The highest BCUT2D eigenvalue weighted by Crippen LogP contribution is 2.14. The van der Waals surface area contributed by atoms with Crippen molar-refractivity contribution in [2.24, 2.45) is 0 Å². The van der Waals surface area contributed by atoms with Gasteiger partial charge in [0, 0.05) is 16.8 Å². The molecule has 0 bridgehead atoms. The molecule has 4 aromatic carbocycles. The van der Waals surface area contributed by atoms with E-state index in [4.69, 9.17) is 0 Å². The largest absolute Gasteiger partial charge is 0.321 e. The summed E-state index contributed by atoms with van der Waals surface area (Å²) in [6.45, 7) is 2.00. The summed E-state index contributed by atoms with van der Waals surface area (Å²) in [4.78, 5) is 38.4. The number of nitrogens with one attached hydrogen (secondary N) is 2. The molecule has 0 aliphatic heterocycles. The molecule has 0 aliphatic carbocycles. The van der Waals surface area contributed by atoms with Crippen molar-refractivity contribution in [1.29, 1.82) is 0 Å². The highest BCUT2D eigenvalue weighted by atomic mass is 16.2. The maximum Gasteiger partial charge on any atom is 0.272 e. The number of allylic oxidation sites excluding steroid dienone is 1. The van der Waals surface area contributed by atoms with Crippen molar-refractivity contribution in [2.75, 3.05) is 5.32 Å². The summed E-state index contributed by atoms with van der Waals surface area (Å²) in [5.74, 6) is -1.01. The molecule has 0 atom stereocenters. The Balaban J connectivity index is 1.47. The Kier molecular flexibility index (Phi) is 8.19. The Morgan fingerprint density at radius 3 is 2.00 bits per heavy atom. The van der Waals surface area contributed by atoms with Gasteiger partial charge in [-0.2, -0.15) is 0 Å². The van der Waals surface area contributed by atoms with Gasteiger partial charge in [-0.15, -0.1) is 0 Å². The van der Waals surface area contributed by atoms with Crippen LogP contribution in [0.4, 0.5) is 5.69 Å². The standard InChI is InChI=1S/C32H26N2O3/c1-23-9-8-12-25(21-23)15-20-30(35)26-16-18-28(19-17-26)33-32(37)29(22-24-10-4-2-5-11-24)34-31(36)27-13-6-3-7-14-27/h2-22H,1H3,(H,33,37)(H,34,36)/b20-15+,29-22-. The van der Waals surface area contributed by atoms with Gasteiger partial charge in [0.25, 0.3) is 11.8 Å². The molecule has 0 fully saturated rings. The first-order valence-corrected chi connectivity index (χ1v) is 11.8. The number of rotatable bonds is 8. The van der Waals surface area contributed by atoms with Gasteiger partial charge in [0.2, 0.25) is 0 Å². The van der Waals surface area contributed by atoms with Gasteiger partial charge < -0.3 is 10.6 Å². The SMILES string of the molecule is Cc1cccc(/C=C/C(=O)c2ccc(NC(=O)/C(=C/c3ccccc3)NC(=O)c3ccccc3)cc2)c1. The second-order valence-corrected chi connectivity index (χ2v) is 8.43. The lowest BCUT2D eigenvalue weighted by Crippen LogP contribution is -2.30. The molecule has 0 aliphatic rings. The zero-order valence-electron chi connectivity index (χ0n) is 20.3. The van der Waals surface area contributed by atoms with Gasteiger partial charge in [0.15, 0.2) is 5.78 Å². The Labute approximate surface area is 216 Å². The fourth-order valence-electron chi connectivity index (χ4n) is 3.62. The minimum Gasteiger partial charge on any atom is -0.321 e. The number of carbonyl (C=O) groups excluding carboxylic acids is 3. The number of hydrogen-bond donors (Lipinski definition) is 2. The monoisotopic (exact) mass is 486 g/mol. The lowest BCUT2D eigenvalue weighted by Gasteiger charge is -2.12. The van der Waals surface area contributed by atoms with Gasteiger partial charge in [0.05, 0.1) is 0 Å². The molecule has 0 unspecified atom stereocenters. The topological polar surface area (TPSA) is 75.3 Å². The lowest BCUT2D eigenvalue weighted by molar-refractivity contribution is -0.113. The summed E-state index contributed by atoms with van der Waals surface area (Å²) in [6.07, 6.45) is 4.92. The molecule has 4 aromatic rings. The fourth-order valence-corrected chi connectivity index (χ4v) is 3.62. The smallest absolute Gasteiger partial charge is 0.272 e. The van der Waals surface area contributed by atoms with Gasteiger partial charge in [-0.1, -0.05) is 84.4 Å². The predicted octanol–water partition coefficient (Wildman–Crippen LogP) is 6.30. The summed E-state index contributed by atoms with van der Waals surface area (Å²) in [5.41, 5.74) is 4.37. The summed E-state index contributed by atoms with van der Waals surface area (Å²) >= 11 is 0. The zero-order valence-corrected chi connectivity index (χ0v) is 20.3. The molecule has 0 heterocycles. The summed E-state index contributed by atoms with van der Waals surface area (Å²) in [6, 6.07) is 32.4. The Bertz CT molecular complexity index is 1460. The third-order valence-corrected chi connectivity index (χ3v) is 5.54. The number of hydrogen-bond acceptors (Lipinski definition) is 3. The highest BCUT2D eigenvalue weighted by Gasteiger charge is 2.15. The van der Waals surface area contributed by atoms with Gasteiger partial charge >= 0.3 is 0 Å². The lowest BCUT2D eigenvalue weighted by atomic mass is 10.1. The molecule has 37 heavy (non-hydrogen) atoms. The third-order valence-electron chi connectivity index (χ3n) is 5.54. The second-order valence-electron chi connectivity index (χ2n) is 8.43. The van der Waals surface area contributed by atoms with E-state index in [9.17, 15) is 14.4 Å². The second kappa shape index (κ2) is 12.1. The van der Waals surface area contributed by atoms with Gasteiger partial charge in [-0.05, 0) is 66.6 Å². The van der Waals surface area contributed by atoms with Crippen LogP contribution < -0.4 is 10.6 Å². The van der Waals surface area contributed by atoms with Gasteiger partial charge in [0.1, 0.15) is 5.70 Å². The van der Waals surface area contributed by atoms with Crippen molar-refractivity contribution in [3.63, 3.8) is 0 Å². The van der Waals surface area contributed by atoms with Crippen molar-refractivity contribution in [3.05, 3.63) is 149 Å². The van der Waals surface area contributed by atoms with Crippen LogP contribution >= 0.6 is 0 Å². The van der Waals surface area contributed by atoms with Gasteiger partial charge in [-0.25, -0.2) is 0 Å². The minimum absolute atomic E-state index is 0.0984. The van der Waals surface area contributed by atoms with Crippen molar-refractivity contribution in [1.82, 2.24) is 5.32 Å². The molecule has 0 saturated carbocycles. The van der Waals surface area contributed by atoms with E-state index in [-0.39, 0.29) is 17.4 Å². The van der Waals surface area contributed by atoms with E-state index in [0.717, 1.165) is 16.7 Å². The first kappa shape index (κ1) is 25.1. The summed E-state index contributed by atoms with van der Waals surface area (Å²) < 4.78 is 0. The van der Waals surface area contributed by atoms with E-state index < -0.39 is 5.91 Å². The van der Waals surface area contributed by atoms with Crippen LogP contribution in [0.25, 0.3) is 12.2 Å². The predicted molar refractivity (Wildman–Crippen MR) is 148 cm³/mol. The summed E-state index contributed by atoms with van der Waals surface area (Å²) in [7, 11) is 0. The number of ketones is 1. The molecule has 0 aromatic heterocycles. The first-order chi connectivity index (χ1) is 18.0. The average Bonchev–Trinajstić information content (AvgIpc) is 2.93. The van der Waals surface area contributed by atoms with Crippen LogP contribution in [0.15, 0.2) is 121 Å². The molecular formula is C32H26N2O3. The minimum atomic E-state index is -0.480. The Morgan fingerprint density at radius 2 is 1.32 bits per heavy atom. The van der Waals surface area contributed by atoms with Gasteiger partial charge in [-0.3, -0.25) is 14.4 Å². The van der Waals surface area contributed by atoms with Crippen LogP contribution in [-0.4, -0.2) is 17.6 Å². The molecule has 2 amide bonds. The van der Waals surface area contributed by atoms with Crippen molar-refractivity contribution < 1.29 is 14.4 Å². The maximum absolute atomic E-state index is 13.1. The highest BCUT2D eigenvalue weighted by molar-refractivity contribution is 6.11. The molecule has 5 nitrogen and oxygen atoms in total. The fraction of sp³-hybridized carbons (Fsp3) is 0.0312. The number of benzene rings is 4. The van der Waals surface area contributed by atoms with E-state index >= 15 is 0 Å². The molecule has 0 spiro atoms. The molecular weight excluding hydrogens is 460 g/mol. The van der Waals surface area contributed by atoms with Crippen molar-refractivity contribution >= 4 is 35.4 Å². The van der Waals surface area contributed by atoms with Crippen molar-refractivity contribution in [2.45, 2.75) is 6.92 Å². The number of aryl methyl sites for hydroxylation is 1. The molecule has 2 N–H and O–H groups in total. The van der Waals surface area contributed by atoms with Crippen LogP contribution in [0, 0.1) is 6.92 Å². The van der Waals surface area contributed by atoms with E-state index in [2.05, 4.69) is 10.6 Å². The van der Waals surface area contributed by atoms with Crippen LogP contribution in [0.2, 0.25) is 0 Å². The van der Waals surface area contributed by atoms with Crippen LogP contribution in [-0.2, 0) is 4.79 Å². The molecule has 0 saturated heterocycles. The van der Waals surface area contributed by atoms with E-state index in [1.807, 2.05) is 67.6 Å². The van der Waals surface area contributed by atoms with E-state index in [1.165, 1.54) is 6.08 Å². The number of anilines is 1. The van der Waals surface area contributed by atoms with Crippen LogP contribution in [0.1, 0.15) is 37.4 Å². The normalized spacial score (nSPS) is 11.2. The first-order valence-electron chi connectivity index (χ1n) is 11.8. The quantitative estimate of drug-likeness (QED) is 0.227. The Hall–Kier alpha value is -5.03. The third kappa shape index (κ3) is 7.23. The maximum atomic E-state index is 13.1. The van der Waals surface area contributed by atoms with Crippen LogP contribution in [0.3, 0.4) is 0 Å². The number of carbonyl (C=O) groups is 3. The Morgan fingerprint density at radius 1 is 0.676 bits per heavy atom.